The highest BCUT2D eigenvalue weighted by Crippen LogP contribution is 2.32. The minimum atomic E-state index is -0.472. The van der Waals surface area contributed by atoms with E-state index in [1.165, 1.54) is 13.3 Å². The van der Waals surface area contributed by atoms with Crippen molar-refractivity contribution in [2.24, 2.45) is 0 Å². The van der Waals surface area contributed by atoms with E-state index in [-0.39, 0.29) is 13.2 Å². The van der Waals surface area contributed by atoms with Crippen LogP contribution in [0.4, 0.5) is 5.69 Å². The molecule has 3 rings (SSSR count). The normalized spacial score (nSPS) is 14.9. The summed E-state index contributed by atoms with van der Waals surface area (Å²) in [6.45, 7) is 5.68. The smallest absolute Gasteiger partial charge is 0.341 e. The summed E-state index contributed by atoms with van der Waals surface area (Å²) in [5.74, 6) is -0.908. The number of benzene rings is 1. The number of nitrogens with zero attached hydrogens (tertiary/aromatic N) is 3. The molecule has 150 valence electrons. The Balaban J connectivity index is 2.09. The van der Waals surface area contributed by atoms with Gasteiger partial charge in [0.1, 0.15) is 5.56 Å². The van der Waals surface area contributed by atoms with Crippen molar-refractivity contribution in [2.75, 3.05) is 57.9 Å². The number of ether oxygens (including phenoxy) is 2. The number of methoxy groups -OCH3 is 1. The van der Waals surface area contributed by atoms with Gasteiger partial charge in [-0.2, -0.15) is 0 Å². The highest BCUT2D eigenvalue weighted by molar-refractivity contribution is 6.10. The van der Waals surface area contributed by atoms with Crippen molar-refractivity contribution in [3.8, 4) is 0 Å². The molecule has 0 bridgehead atoms. The van der Waals surface area contributed by atoms with Gasteiger partial charge in [0, 0.05) is 44.3 Å². The Morgan fingerprint density at radius 2 is 1.89 bits per heavy atom. The van der Waals surface area contributed by atoms with E-state index in [2.05, 4.69) is 14.8 Å². The lowest BCUT2D eigenvalue weighted by atomic mass is 10.0. The number of anilines is 1. The zero-order valence-corrected chi connectivity index (χ0v) is 16.2. The van der Waals surface area contributed by atoms with Crippen molar-refractivity contribution in [1.82, 2.24) is 9.88 Å². The highest BCUT2D eigenvalue weighted by atomic mass is 16.5. The van der Waals surface area contributed by atoms with Crippen molar-refractivity contribution in [1.29, 1.82) is 0 Å². The first-order valence-corrected chi connectivity index (χ1v) is 9.36. The number of hydrogen-bond acceptors (Lipinski definition) is 8. The van der Waals surface area contributed by atoms with Gasteiger partial charge in [-0.15, -0.1) is 0 Å². The lowest BCUT2D eigenvalue weighted by Crippen LogP contribution is -2.47. The SMILES string of the molecule is CCOC(=O)c1cnc2c(C(=O)OC)cccc2c1N1CCN(CCO)CC1. The van der Waals surface area contributed by atoms with Crippen LogP contribution in [0.3, 0.4) is 0 Å². The minimum Gasteiger partial charge on any atom is -0.465 e. The van der Waals surface area contributed by atoms with Crippen molar-refractivity contribution in [3.05, 3.63) is 35.5 Å². The summed E-state index contributed by atoms with van der Waals surface area (Å²) in [6, 6.07) is 5.28. The molecule has 0 saturated carbocycles. The van der Waals surface area contributed by atoms with Crippen LogP contribution in [0.15, 0.2) is 24.4 Å². The predicted octanol–water partition coefficient (Wildman–Crippen LogP) is 1.31. The third-order valence-corrected chi connectivity index (χ3v) is 4.87. The number of esters is 2. The minimum absolute atomic E-state index is 0.120. The summed E-state index contributed by atoms with van der Waals surface area (Å²) in [6.07, 6.45) is 1.47. The standard InChI is InChI=1S/C20H25N3O5/c1-3-28-20(26)16-13-21-17-14(5-4-6-15(17)19(25)27-2)18(16)23-9-7-22(8-10-23)11-12-24/h4-6,13,24H,3,7-12H2,1-2H3. The molecule has 8 nitrogen and oxygen atoms in total. The molecule has 28 heavy (non-hydrogen) atoms. The number of para-hydroxylation sites is 1. The zero-order chi connectivity index (χ0) is 20.1. The second kappa shape index (κ2) is 8.99. The van der Waals surface area contributed by atoms with E-state index in [1.54, 1.807) is 19.1 Å². The first-order valence-electron chi connectivity index (χ1n) is 9.36. The van der Waals surface area contributed by atoms with Crippen molar-refractivity contribution >= 4 is 28.5 Å². The zero-order valence-electron chi connectivity index (χ0n) is 16.2. The topological polar surface area (TPSA) is 92.2 Å². The molecule has 0 spiro atoms. The lowest BCUT2D eigenvalue weighted by molar-refractivity contribution is 0.0526. The molecule has 1 aliphatic heterocycles. The van der Waals surface area contributed by atoms with Crippen molar-refractivity contribution in [2.45, 2.75) is 6.92 Å². The third-order valence-electron chi connectivity index (χ3n) is 4.87. The monoisotopic (exact) mass is 387 g/mol. The van der Waals surface area contributed by atoms with Crippen LogP contribution in [-0.2, 0) is 9.47 Å². The van der Waals surface area contributed by atoms with Crippen LogP contribution in [-0.4, -0.2) is 80.0 Å². The highest BCUT2D eigenvalue weighted by Gasteiger charge is 2.26. The third kappa shape index (κ3) is 3.93. The van der Waals surface area contributed by atoms with E-state index < -0.39 is 11.9 Å². The Bertz CT molecular complexity index is 862. The Morgan fingerprint density at radius 3 is 2.54 bits per heavy atom. The molecule has 1 aromatic heterocycles. The fourth-order valence-electron chi connectivity index (χ4n) is 3.52. The summed E-state index contributed by atoms with van der Waals surface area (Å²) in [5.41, 5.74) is 1.95. The first kappa shape index (κ1) is 20.0. The molecule has 0 atom stereocenters. The van der Waals surface area contributed by atoms with E-state index in [4.69, 9.17) is 14.6 Å². The van der Waals surface area contributed by atoms with Gasteiger partial charge >= 0.3 is 11.9 Å². The van der Waals surface area contributed by atoms with Crippen LogP contribution in [0.25, 0.3) is 10.9 Å². The molecule has 0 radical (unpaired) electrons. The van der Waals surface area contributed by atoms with Gasteiger partial charge in [0.05, 0.1) is 37.1 Å². The number of carbonyl (C=O) groups is 2. The van der Waals surface area contributed by atoms with Gasteiger partial charge in [0.2, 0.25) is 0 Å². The van der Waals surface area contributed by atoms with E-state index >= 15 is 0 Å². The molecule has 1 aromatic carbocycles. The largest absolute Gasteiger partial charge is 0.465 e. The number of rotatable bonds is 6. The Kier molecular flexibility index (Phi) is 6.43. The molecule has 0 unspecified atom stereocenters. The number of β-amino-alcohol motifs (C(OH)–C–C–N with tert-alkyl or cyclic N) is 1. The van der Waals surface area contributed by atoms with Crippen molar-refractivity contribution < 1.29 is 24.2 Å². The average molecular weight is 387 g/mol. The van der Waals surface area contributed by atoms with Crippen LogP contribution in [0, 0.1) is 0 Å². The number of fused-ring (bicyclic) bond motifs is 1. The molecule has 2 aromatic rings. The molecule has 0 amide bonds. The van der Waals surface area contributed by atoms with Crippen molar-refractivity contribution in [3.63, 3.8) is 0 Å². The fourth-order valence-corrected chi connectivity index (χ4v) is 3.52. The molecular weight excluding hydrogens is 362 g/mol. The summed E-state index contributed by atoms with van der Waals surface area (Å²) in [5, 5.41) is 9.87. The van der Waals surface area contributed by atoms with Gasteiger partial charge in [0.25, 0.3) is 0 Å². The molecule has 0 aliphatic carbocycles. The van der Waals surface area contributed by atoms with Gasteiger partial charge in [-0.3, -0.25) is 9.88 Å². The second-order valence-electron chi connectivity index (χ2n) is 6.49. The Morgan fingerprint density at radius 1 is 1.14 bits per heavy atom. The number of hydrogen-bond donors (Lipinski definition) is 1. The number of pyridine rings is 1. The summed E-state index contributed by atoms with van der Waals surface area (Å²) in [4.78, 5) is 33.4. The van der Waals surface area contributed by atoms with E-state index in [9.17, 15) is 9.59 Å². The van der Waals surface area contributed by atoms with Crippen LogP contribution < -0.4 is 4.90 Å². The molecule has 1 N–H and O–H groups in total. The van der Waals surface area contributed by atoms with Crippen LogP contribution in [0.1, 0.15) is 27.6 Å². The van der Waals surface area contributed by atoms with Gasteiger partial charge in [-0.1, -0.05) is 12.1 Å². The van der Waals surface area contributed by atoms with E-state index in [0.29, 0.717) is 41.7 Å². The van der Waals surface area contributed by atoms with Gasteiger partial charge in [0.15, 0.2) is 0 Å². The average Bonchev–Trinajstić information content (AvgIpc) is 2.73. The quantitative estimate of drug-likeness (QED) is 0.742. The maximum Gasteiger partial charge on any atom is 0.341 e. The van der Waals surface area contributed by atoms with Crippen LogP contribution >= 0.6 is 0 Å². The Hall–Kier alpha value is -2.71. The molecule has 1 saturated heterocycles. The number of carbonyl (C=O) groups excluding carboxylic acids is 2. The molecule has 8 heteroatoms. The predicted molar refractivity (Wildman–Crippen MR) is 105 cm³/mol. The second-order valence-corrected chi connectivity index (χ2v) is 6.49. The summed E-state index contributed by atoms with van der Waals surface area (Å²) < 4.78 is 10.1. The first-order chi connectivity index (χ1) is 13.6. The number of aliphatic hydroxyl groups excluding tert-OH is 1. The molecule has 1 aliphatic rings. The maximum atomic E-state index is 12.6. The number of aliphatic hydroxyl groups is 1. The van der Waals surface area contributed by atoms with Gasteiger partial charge < -0.3 is 19.5 Å². The van der Waals surface area contributed by atoms with E-state index in [1.807, 2.05) is 6.07 Å². The van der Waals surface area contributed by atoms with Crippen LogP contribution in [0.5, 0.6) is 0 Å². The van der Waals surface area contributed by atoms with E-state index in [0.717, 1.165) is 18.8 Å². The maximum absolute atomic E-state index is 12.6. The fraction of sp³-hybridized carbons (Fsp3) is 0.450. The molecular formula is C20H25N3O5. The van der Waals surface area contributed by atoms with Crippen LogP contribution in [0.2, 0.25) is 0 Å². The number of aromatic nitrogens is 1. The Labute approximate surface area is 163 Å². The number of piperazine rings is 1. The molecule has 1 fully saturated rings. The van der Waals surface area contributed by atoms with Gasteiger partial charge in [-0.05, 0) is 13.0 Å². The molecule has 2 heterocycles. The summed E-state index contributed by atoms with van der Waals surface area (Å²) in [7, 11) is 1.33. The summed E-state index contributed by atoms with van der Waals surface area (Å²) >= 11 is 0. The van der Waals surface area contributed by atoms with Gasteiger partial charge in [-0.25, -0.2) is 9.59 Å². The lowest BCUT2D eigenvalue weighted by Gasteiger charge is -2.37.